The van der Waals surface area contributed by atoms with Crippen molar-refractivity contribution >= 4 is 12.4 Å². The quantitative estimate of drug-likeness (QED) is 0.549. The Balaban J connectivity index is 0.00000363. The molecule has 0 aliphatic carbocycles. The molecule has 32 heavy (non-hydrogen) atoms. The van der Waals surface area contributed by atoms with Gasteiger partial charge in [0.05, 0.1) is 7.11 Å². The molecule has 4 nitrogen and oxygen atoms in total. The van der Waals surface area contributed by atoms with Gasteiger partial charge in [0.15, 0.2) is 0 Å². The Morgan fingerprint density at radius 2 is 1.84 bits per heavy atom. The molecule has 0 saturated carbocycles. The summed E-state index contributed by atoms with van der Waals surface area (Å²) in [6, 6.07) is 12.4. The molecule has 0 bridgehead atoms. The van der Waals surface area contributed by atoms with Gasteiger partial charge in [0.1, 0.15) is 11.5 Å². The van der Waals surface area contributed by atoms with E-state index in [1.807, 2.05) is 12.1 Å². The summed E-state index contributed by atoms with van der Waals surface area (Å²) in [7, 11) is 1.66. The van der Waals surface area contributed by atoms with Crippen LogP contribution in [0.5, 0.6) is 11.5 Å². The summed E-state index contributed by atoms with van der Waals surface area (Å²) >= 11 is 0. The maximum absolute atomic E-state index is 12.6. The molecule has 0 radical (unpaired) electrons. The molecular weight excluding hydrogens is 441 g/mol. The van der Waals surface area contributed by atoms with Crippen LogP contribution in [0.3, 0.4) is 0 Å². The molecule has 2 N–H and O–H groups in total. The van der Waals surface area contributed by atoms with Crippen LogP contribution in [0, 0.1) is 0 Å². The van der Waals surface area contributed by atoms with Gasteiger partial charge in [-0.15, -0.1) is 25.6 Å². The fraction of sp³-hybridized carbons (Fsp3) is 0.500. The second-order valence-electron chi connectivity index (χ2n) is 8.96. The lowest BCUT2D eigenvalue weighted by Gasteiger charge is -2.34. The second kappa shape index (κ2) is 10.8. The van der Waals surface area contributed by atoms with E-state index in [9.17, 15) is 13.2 Å². The number of methoxy groups -OCH3 is 1. The number of halogens is 4. The molecule has 2 atom stereocenters. The minimum absolute atomic E-state index is 0. The summed E-state index contributed by atoms with van der Waals surface area (Å²) < 4.78 is 47.5. The minimum Gasteiger partial charge on any atom is -0.496 e. The van der Waals surface area contributed by atoms with E-state index in [1.165, 1.54) is 17.7 Å². The Labute approximate surface area is 194 Å². The van der Waals surface area contributed by atoms with Crippen LogP contribution in [0.2, 0.25) is 0 Å². The highest BCUT2D eigenvalue weighted by atomic mass is 35.5. The first-order valence-corrected chi connectivity index (χ1v) is 10.6. The Hall–Kier alpha value is -1.96. The molecule has 1 fully saturated rings. The first-order chi connectivity index (χ1) is 14.6. The third-order valence-corrected chi connectivity index (χ3v) is 5.61. The van der Waals surface area contributed by atoms with Crippen molar-refractivity contribution in [2.75, 3.05) is 13.7 Å². The number of hydrogen-bond acceptors (Lipinski definition) is 4. The Kier molecular flexibility index (Phi) is 8.85. The van der Waals surface area contributed by atoms with Crippen molar-refractivity contribution in [3.8, 4) is 11.5 Å². The van der Waals surface area contributed by atoms with E-state index in [1.54, 1.807) is 13.2 Å². The number of piperidine rings is 1. The van der Waals surface area contributed by atoms with Crippen molar-refractivity contribution in [1.29, 1.82) is 0 Å². The van der Waals surface area contributed by atoms with Gasteiger partial charge in [-0.2, -0.15) is 0 Å². The number of ether oxygens (including phenoxy) is 2. The molecule has 1 saturated heterocycles. The van der Waals surface area contributed by atoms with Crippen molar-refractivity contribution in [3.63, 3.8) is 0 Å². The lowest BCUT2D eigenvalue weighted by molar-refractivity contribution is -0.274. The zero-order valence-corrected chi connectivity index (χ0v) is 19.7. The minimum atomic E-state index is -4.70. The van der Waals surface area contributed by atoms with Crippen LogP contribution in [0.15, 0.2) is 42.5 Å². The van der Waals surface area contributed by atoms with Gasteiger partial charge in [0.25, 0.3) is 0 Å². The number of hydrogen-bond donors (Lipinski definition) is 2. The summed E-state index contributed by atoms with van der Waals surface area (Å²) in [6.07, 6.45) is -2.79. The Morgan fingerprint density at radius 3 is 2.50 bits per heavy atom. The number of rotatable bonds is 6. The standard InChI is InChI=1S/C24H31F3N2O2.ClH/c1-23(2,3)18-10-11-21(30-4)17(13-18)15-29-20-9-6-12-28-22(20)16-7-5-8-19(14-16)31-24(25,26)27;/h5,7-8,10-11,13-14,20,22,28-29H,6,9,12,15H2,1-4H3;1H/t20-,22-;/m1./s1. The van der Waals surface area contributed by atoms with E-state index in [0.717, 1.165) is 36.3 Å². The van der Waals surface area contributed by atoms with Gasteiger partial charge in [-0.25, -0.2) is 0 Å². The van der Waals surface area contributed by atoms with Crippen molar-refractivity contribution in [3.05, 3.63) is 59.2 Å². The van der Waals surface area contributed by atoms with Crippen LogP contribution in [0.25, 0.3) is 0 Å². The van der Waals surface area contributed by atoms with Crippen LogP contribution in [-0.4, -0.2) is 26.1 Å². The topological polar surface area (TPSA) is 42.5 Å². The number of nitrogens with one attached hydrogen (secondary N) is 2. The number of benzene rings is 2. The summed E-state index contributed by atoms with van der Waals surface area (Å²) in [6.45, 7) is 7.93. The van der Waals surface area contributed by atoms with Crippen LogP contribution in [0.1, 0.15) is 56.3 Å². The molecule has 0 spiro atoms. The highest BCUT2D eigenvalue weighted by Gasteiger charge is 2.32. The lowest BCUT2D eigenvalue weighted by Crippen LogP contribution is -2.45. The van der Waals surface area contributed by atoms with Crippen LogP contribution in [-0.2, 0) is 12.0 Å². The maximum Gasteiger partial charge on any atom is 0.573 e. The fourth-order valence-electron chi connectivity index (χ4n) is 3.99. The SMILES string of the molecule is COc1ccc(C(C)(C)C)cc1CN[C@@H]1CCCN[C@@H]1c1cccc(OC(F)(F)F)c1.Cl. The molecule has 8 heteroatoms. The summed E-state index contributed by atoms with van der Waals surface area (Å²) in [5, 5.41) is 7.05. The third kappa shape index (κ3) is 7.02. The van der Waals surface area contributed by atoms with Crippen molar-refractivity contribution in [1.82, 2.24) is 10.6 Å². The molecule has 0 unspecified atom stereocenters. The predicted molar refractivity (Wildman–Crippen MR) is 123 cm³/mol. The predicted octanol–water partition coefficient (Wildman–Crippen LogP) is 5.90. The monoisotopic (exact) mass is 472 g/mol. The zero-order valence-electron chi connectivity index (χ0n) is 18.9. The number of alkyl halides is 3. The first-order valence-electron chi connectivity index (χ1n) is 10.6. The Bertz CT molecular complexity index is 884. The molecule has 1 aliphatic rings. The fourth-order valence-corrected chi connectivity index (χ4v) is 3.99. The van der Waals surface area contributed by atoms with Gasteiger partial charge in [0.2, 0.25) is 0 Å². The molecule has 0 amide bonds. The van der Waals surface area contributed by atoms with Crippen molar-refractivity contribution < 1.29 is 22.6 Å². The largest absolute Gasteiger partial charge is 0.573 e. The zero-order chi connectivity index (χ0) is 22.6. The molecule has 2 aromatic carbocycles. The van der Waals surface area contributed by atoms with Gasteiger partial charge in [-0.3, -0.25) is 0 Å². The molecule has 1 aliphatic heterocycles. The van der Waals surface area contributed by atoms with Crippen molar-refractivity contribution in [2.24, 2.45) is 0 Å². The van der Waals surface area contributed by atoms with Gasteiger partial charge in [-0.1, -0.05) is 45.0 Å². The lowest BCUT2D eigenvalue weighted by atomic mass is 9.86. The van der Waals surface area contributed by atoms with E-state index in [-0.39, 0.29) is 35.7 Å². The molecule has 2 aromatic rings. The highest BCUT2D eigenvalue weighted by Crippen LogP contribution is 2.31. The average Bonchev–Trinajstić information content (AvgIpc) is 2.70. The maximum atomic E-state index is 12.6. The van der Waals surface area contributed by atoms with E-state index < -0.39 is 6.36 Å². The summed E-state index contributed by atoms with van der Waals surface area (Å²) in [5.74, 6) is 0.622. The van der Waals surface area contributed by atoms with Gasteiger partial charge < -0.3 is 20.1 Å². The highest BCUT2D eigenvalue weighted by molar-refractivity contribution is 5.85. The van der Waals surface area contributed by atoms with Crippen LogP contribution < -0.4 is 20.1 Å². The van der Waals surface area contributed by atoms with Crippen LogP contribution >= 0.6 is 12.4 Å². The molecule has 0 aromatic heterocycles. The van der Waals surface area contributed by atoms with Gasteiger partial charge >= 0.3 is 6.36 Å². The summed E-state index contributed by atoms with van der Waals surface area (Å²) in [4.78, 5) is 0. The van der Waals surface area contributed by atoms with Gasteiger partial charge in [-0.05, 0) is 54.1 Å². The smallest absolute Gasteiger partial charge is 0.496 e. The van der Waals surface area contributed by atoms with E-state index in [0.29, 0.717) is 6.54 Å². The summed E-state index contributed by atoms with van der Waals surface area (Å²) in [5.41, 5.74) is 3.08. The van der Waals surface area contributed by atoms with Crippen LogP contribution in [0.4, 0.5) is 13.2 Å². The van der Waals surface area contributed by atoms with Crippen molar-refractivity contribution in [2.45, 2.75) is 64.0 Å². The molecular formula is C24H32ClF3N2O2. The van der Waals surface area contributed by atoms with E-state index in [2.05, 4.69) is 48.3 Å². The molecule has 1 heterocycles. The normalized spacial score (nSPS) is 19.2. The second-order valence-corrected chi connectivity index (χ2v) is 8.96. The molecule has 178 valence electrons. The molecule has 3 rings (SSSR count). The average molecular weight is 473 g/mol. The third-order valence-electron chi connectivity index (χ3n) is 5.61. The van der Waals surface area contributed by atoms with E-state index in [4.69, 9.17) is 4.74 Å². The first kappa shape index (κ1) is 26.3. The Morgan fingerprint density at radius 1 is 1.09 bits per heavy atom. The van der Waals surface area contributed by atoms with E-state index >= 15 is 0 Å². The van der Waals surface area contributed by atoms with Gasteiger partial charge in [0, 0.05) is 24.2 Å².